The van der Waals surface area contributed by atoms with E-state index in [4.69, 9.17) is 4.74 Å². The summed E-state index contributed by atoms with van der Waals surface area (Å²) in [6.45, 7) is 0.729. The lowest BCUT2D eigenvalue weighted by Crippen LogP contribution is -1.89. The molecule has 1 heterocycles. The molecule has 3 heteroatoms. The van der Waals surface area contributed by atoms with Crippen molar-refractivity contribution in [2.45, 2.75) is 17.7 Å². The zero-order chi connectivity index (χ0) is 13.1. The van der Waals surface area contributed by atoms with Crippen LogP contribution in [0.25, 0.3) is 0 Å². The summed E-state index contributed by atoms with van der Waals surface area (Å²) in [5.74, 6) is 2.26. The van der Waals surface area contributed by atoms with Gasteiger partial charge in [0.05, 0.1) is 11.5 Å². The monoisotopic (exact) mass is 272 g/mol. The summed E-state index contributed by atoms with van der Waals surface area (Å²) in [5.41, 5.74) is 2.44. The molecular weight excluding hydrogens is 256 g/mol. The largest absolute Gasteiger partial charge is 0.507 e. The van der Waals surface area contributed by atoms with E-state index in [0.717, 1.165) is 41.4 Å². The maximum absolute atomic E-state index is 10.00. The highest BCUT2D eigenvalue weighted by atomic mass is 32.2. The van der Waals surface area contributed by atoms with Gasteiger partial charge in [0.25, 0.3) is 0 Å². The van der Waals surface area contributed by atoms with E-state index >= 15 is 0 Å². The number of benzene rings is 2. The van der Waals surface area contributed by atoms with Gasteiger partial charge in [-0.2, -0.15) is 0 Å². The van der Waals surface area contributed by atoms with Crippen LogP contribution in [0.1, 0.15) is 11.1 Å². The number of thioether (sulfide) groups is 1. The molecule has 0 amide bonds. The Bertz CT molecular complexity index is 566. The van der Waals surface area contributed by atoms with Gasteiger partial charge < -0.3 is 9.84 Å². The number of rotatable bonds is 4. The van der Waals surface area contributed by atoms with Crippen LogP contribution in [-0.2, 0) is 12.8 Å². The molecular formula is C16H16O2S. The summed E-state index contributed by atoms with van der Waals surface area (Å²) in [6.07, 6.45) is 1.90. The number of hydrogen-bond donors (Lipinski definition) is 1. The number of phenols is 1. The summed E-state index contributed by atoms with van der Waals surface area (Å²) in [6, 6.07) is 14.2. The molecule has 1 aliphatic rings. The lowest BCUT2D eigenvalue weighted by Gasteiger charge is -2.07. The van der Waals surface area contributed by atoms with Gasteiger partial charge in [-0.15, -0.1) is 11.8 Å². The molecule has 0 saturated heterocycles. The number of ether oxygens (including phenoxy) is 1. The van der Waals surface area contributed by atoms with E-state index in [0.29, 0.717) is 5.75 Å². The van der Waals surface area contributed by atoms with Gasteiger partial charge in [-0.05, 0) is 24.1 Å². The maximum atomic E-state index is 10.00. The van der Waals surface area contributed by atoms with E-state index in [1.54, 1.807) is 11.8 Å². The van der Waals surface area contributed by atoms with E-state index < -0.39 is 0 Å². The first-order valence-electron chi connectivity index (χ1n) is 6.48. The zero-order valence-corrected chi connectivity index (χ0v) is 11.5. The Labute approximate surface area is 117 Å². The van der Waals surface area contributed by atoms with Crippen LogP contribution in [-0.4, -0.2) is 17.5 Å². The van der Waals surface area contributed by atoms with Gasteiger partial charge in [-0.25, -0.2) is 0 Å². The minimum absolute atomic E-state index is 0.377. The Morgan fingerprint density at radius 1 is 1.16 bits per heavy atom. The van der Waals surface area contributed by atoms with Crippen molar-refractivity contribution in [3.05, 3.63) is 53.6 Å². The van der Waals surface area contributed by atoms with Crippen molar-refractivity contribution < 1.29 is 9.84 Å². The van der Waals surface area contributed by atoms with E-state index in [2.05, 4.69) is 24.3 Å². The van der Waals surface area contributed by atoms with Gasteiger partial charge in [0.15, 0.2) is 0 Å². The summed E-state index contributed by atoms with van der Waals surface area (Å²) < 4.78 is 5.53. The first-order valence-corrected chi connectivity index (χ1v) is 7.47. The standard InChI is InChI=1S/C16H16O2S/c17-14-10-13-6-8-18-15(13)11-16(14)19-9-7-12-4-2-1-3-5-12/h1-5,10-11,17H,6-9H2. The molecule has 0 atom stereocenters. The number of fused-ring (bicyclic) bond motifs is 1. The topological polar surface area (TPSA) is 29.5 Å². The average Bonchev–Trinajstić information content (AvgIpc) is 2.87. The molecule has 19 heavy (non-hydrogen) atoms. The molecule has 0 unspecified atom stereocenters. The van der Waals surface area contributed by atoms with Crippen molar-refractivity contribution in [3.63, 3.8) is 0 Å². The van der Waals surface area contributed by atoms with Crippen molar-refractivity contribution in [1.29, 1.82) is 0 Å². The molecule has 0 aliphatic carbocycles. The molecule has 0 bridgehead atoms. The van der Waals surface area contributed by atoms with Gasteiger partial charge in [-0.3, -0.25) is 0 Å². The first-order chi connectivity index (χ1) is 9.33. The van der Waals surface area contributed by atoms with E-state index in [-0.39, 0.29) is 0 Å². The molecule has 0 saturated carbocycles. The molecule has 3 rings (SSSR count). The summed E-state index contributed by atoms with van der Waals surface area (Å²) in [5, 5.41) is 10.00. The van der Waals surface area contributed by atoms with Crippen molar-refractivity contribution in [2.24, 2.45) is 0 Å². The van der Waals surface area contributed by atoms with Crippen LogP contribution in [0, 0.1) is 0 Å². The van der Waals surface area contributed by atoms with Crippen molar-refractivity contribution in [3.8, 4) is 11.5 Å². The Balaban J connectivity index is 1.64. The van der Waals surface area contributed by atoms with Crippen LogP contribution in [0.15, 0.2) is 47.4 Å². The zero-order valence-electron chi connectivity index (χ0n) is 10.6. The molecule has 0 radical (unpaired) electrons. The predicted molar refractivity (Wildman–Crippen MR) is 78.2 cm³/mol. The fraction of sp³-hybridized carbons (Fsp3) is 0.250. The molecule has 2 aromatic rings. The highest BCUT2D eigenvalue weighted by Crippen LogP contribution is 2.37. The quantitative estimate of drug-likeness (QED) is 0.861. The van der Waals surface area contributed by atoms with Crippen LogP contribution in [0.3, 0.4) is 0 Å². The third-order valence-corrected chi connectivity index (χ3v) is 4.31. The fourth-order valence-corrected chi connectivity index (χ4v) is 3.19. The second kappa shape index (κ2) is 5.57. The summed E-state index contributed by atoms with van der Waals surface area (Å²) in [4.78, 5) is 0.914. The number of phenolic OH excluding ortho intramolecular Hbond substituents is 1. The van der Waals surface area contributed by atoms with E-state index in [9.17, 15) is 5.11 Å². The lowest BCUT2D eigenvalue weighted by molar-refractivity contribution is 0.355. The molecule has 2 nitrogen and oxygen atoms in total. The molecule has 2 aromatic carbocycles. The smallest absolute Gasteiger partial charge is 0.129 e. The van der Waals surface area contributed by atoms with Crippen LogP contribution < -0.4 is 4.74 Å². The molecule has 98 valence electrons. The molecule has 0 aromatic heterocycles. The minimum Gasteiger partial charge on any atom is -0.507 e. The Morgan fingerprint density at radius 2 is 2.00 bits per heavy atom. The third kappa shape index (κ3) is 2.87. The average molecular weight is 272 g/mol. The number of aryl methyl sites for hydroxylation is 1. The third-order valence-electron chi connectivity index (χ3n) is 3.26. The fourth-order valence-electron chi connectivity index (χ4n) is 2.23. The van der Waals surface area contributed by atoms with Gasteiger partial charge in [-0.1, -0.05) is 30.3 Å². The first kappa shape index (κ1) is 12.4. The van der Waals surface area contributed by atoms with Crippen molar-refractivity contribution in [2.75, 3.05) is 12.4 Å². The van der Waals surface area contributed by atoms with Gasteiger partial charge in [0.2, 0.25) is 0 Å². The molecule has 1 N–H and O–H groups in total. The van der Waals surface area contributed by atoms with Gasteiger partial charge >= 0.3 is 0 Å². The van der Waals surface area contributed by atoms with Crippen molar-refractivity contribution in [1.82, 2.24) is 0 Å². The van der Waals surface area contributed by atoms with Crippen LogP contribution >= 0.6 is 11.8 Å². The van der Waals surface area contributed by atoms with E-state index in [1.807, 2.05) is 18.2 Å². The molecule has 0 fully saturated rings. The van der Waals surface area contributed by atoms with Crippen LogP contribution in [0.5, 0.6) is 11.5 Å². The highest BCUT2D eigenvalue weighted by molar-refractivity contribution is 7.99. The van der Waals surface area contributed by atoms with Gasteiger partial charge in [0, 0.05) is 17.7 Å². The number of hydrogen-bond acceptors (Lipinski definition) is 3. The van der Waals surface area contributed by atoms with Crippen LogP contribution in [0.4, 0.5) is 0 Å². The SMILES string of the molecule is Oc1cc2c(cc1SCCc1ccccc1)OCC2. The number of aromatic hydroxyl groups is 1. The molecule has 1 aliphatic heterocycles. The second-order valence-corrected chi connectivity index (χ2v) is 5.75. The van der Waals surface area contributed by atoms with E-state index in [1.165, 1.54) is 5.56 Å². The highest BCUT2D eigenvalue weighted by Gasteiger charge is 2.15. The minimum atomic E-state index is 0.377. The second-order valence-electron chi connectivity index (χ2n) is 4.61. The normalized spacial score (nSPS) is 13.1. The van der Waals surface area contributed by atoms with Crippen molar-refractivity contribution >= 4 is 11.8 Å². The summed E-state index contributed by atoms with van der Waals surface area (Å²) >= 11 is 1.68. The lowest BCUT2D eigenvalue weighted by atomic mass is 10.1. The Hall–Kier alpha value is -1.61. The maximum Gasteiger partial charge on any atom is 0.129 e. The van der Waals surface area contributed by atoms with Crippen LogP contribution in [0.2, 0.25) is 0 Å². The Kier molecular flexibility index (Phi) is 3.65. The summed E-state index contributed by atoms with van der Waals surface area (Å²) in [7, 11) is 0. The predicted octanol–water partition coefficient (Wildman–Crippen LogP) is 3.66. The van der Waals surface area contributed by atoms with Gasteiger partial charge in [0.1, 0.15) is 11.5 Å². The Morgan fingerprint density at radius 3 is 2.84 bits per heavy atom. The molecule has 0 spiro atoms.